The van der Waals surface area contributed by atoms with E-state index in [0.717, 1.165) is 16.7 Å². The highest BCUT2D eigenvalue weighted by Crippen LogP contribution is 2.22. The summed E-state index contributed by atoms with van der Waals surface area (Å²) >= 11 is 0. The number of fused-ring (bicyclic) bond motifs is 1. The maximum atomic E-state index is 12.2. The fourth-order valence-electron chi connectivity index (χ4n) is 3.09. The second kappa shape index (κ2) is 11.0. The molecule has 156 valence electrons. The van der Waals surface area contributed by atoms with Gasteiger partial charge in [-0.25, -0.2) is 0 Å². The topological polar surface area (TPSA) is 77.5 Å². The van der Waals surface area contributed by atoms with Crippen LogP contribution in [0.25, 0.3) is 10.9 Å². The van der Waals surface area contributed by atoms with Crippen LogP contribution in [0, 0.1) is 0 Å². The average molecular weight is 406 g/mol. The molecular weight excluding hydrogens is 380 g/mol. The van der Waals surface area contributed by atoms with E-state index >= 15 is 0 Å². The van der Waals surface area contributed by atoms with Crippen LogP contribution < -0.4 is 14.8 Å². The second-order valence-corrected chi connectivity index (χ2v) is 6.89. The van der Waals surface area contributed by atoms with Crippen molar-refractivity contribution < 1.29 is 19.1 Å². The number of hydrogen-bond acceptors (Lipinski definition) is 5. The maximum Gasteiger partial charge on any atom is 0.220 e. The Labute approximate surface area is 176 Å². The average Bonchev–Trinajstić information content (AvgIpc) is 2.79. The molecule has 0 radical (unpaired) electrons. The number of nitrogens with zero attached hydrogens (tertiary/aromatic N) is 1. The van der Waals surface area contributed by atoms with Crippen LogP contribution in [0.2, 0.25) is 0 Å². The molecule has 0 aliphatic rings. The monoisotopic (exact) mass is 406 g/mol. The number of nitrogens with one attached hydrogen (secondary N) is 1. The Kier molecular flexibility index (Phi) is 7.78. The molecular formula is C24H26N2O4. The van der Waals surface area contributed by atoms with E-state index in [-0.39, 0.29) is 11.7 Å². The molecule has 1 heterocycles. The zero-order chi connectivity index (χ0) is 21.2. The number of rotatable bonds is 11. The lowest BCUT2D eigenvalue weighted by Crippen LogP contribution is -2.25. The van der Waals surface area contributed by atoms with Crippen molar-refractivity contribution in [2.75, 3.05) is 20.3 Å². The van der Waals surface area contributed by atoms with Gasteiger partial charge in [0, 0.05) is 36.5 Å². The summed E-state index contributed by atoms with van der Waals surface area (Å²) in [7, 11) is 1.59. The summed E-state index contributed by atoms with van der Waals surface area (Å²) in [4.78, 5) is 28.5. The first-order valence-corrected chi connectivity index (χ1v) is 10.1. The van der Waals surface area contributed by atoms with E-state index < -0.39 is 0 Å². The van der Waals surface area contributed by atoms with Gasteiger partial charge in [0.2, 0.25) is 5.91 Å². The highest BCUT2D eigenvalue weighted by Gasteiger charge is 2.08. The predicted molar refractivity (Wildman–Crippen MR) is 116 cm³/mol. The molecule has 0 unspecified atom stereocenters. The number of pyridine rings is 1. The number of ketones is 1. The van der Waals surface area contributed by atoms with Crippen LogP contribution in [0.3, 0.4) is 0 Å². The highest BCUT2D eigenvalue weighted by atomic mass is 16.5. The number of methoxy groups -OCH3 is 1. The van der Waals surface area contributed by atoms with Crippen LogP contribution in [0.1, 0.15) is 36.0 Å². The fourth-order valence-corrected chi connectivity index (χ4v) is 3.09. The zero-order valence-electron chi connectivity index (χ0n) is 17.1. The summed E-state index contributed by atoms with van der Waals surface area (Å²) in [5.74, 6) is 1.44. The number of para-hydroxylation sites is 1. The van der Waals surface area contributed by atoms with Gasteiger partial charge in [0.05, 0.1) is 13.7 Å². The Bertz CT molecular complexity index is 981. The fraction of sp³-hybridized carbons (Fsp3) is 0.292. The summed E-state index contributed by atoms with van der Waals surface area (Å²) < 4.78 is 10.9. The molecule has 6 heteroatoms. The van der Waals surface area contributed by atoms with Crippen LogP contribution in [0.15, 0.2) is 60.8 Å². The standard InChI is InChI=1S/C24H26N2O4/c1-29-20-13-11-18(12-14-20)21(27)8-3-10-23(28)25-16-5-17-30-22-9-2-6-19-7-4-15-26-24(19)22/h2,4,6-7,9,11-15H,3,5,8,10,16-17H2,1H3,(H,25,28). The quantitative estimate of drug-likeness (QED) is 0.382. The van der Waals surface area contributed by atoms with Gasteiger partial charge in [-0.1, -0.05) is 18.2 Å². The van der Waals surface area contributed by atoms with Crippen molar-refractivity contribution in [2.24, 2.45) is 0 Å². The van der Waals surface area contributed by atoms with E-state index in [0.29, 0.717) is 50.1 Å². The number of aromatic nitrogens is 1. The summed E-state index contributed by atoms with van der Waals surface area (Å²) in [5, 5.41) is 3.91. The van der Waals surface area contributed by atoms with Crippen LogP contribution >= 0.6 is 0 Å². The van der Waals surface area contributed by atoms with E-state index in [9.17, 15) is 9.59 Å². The molecule has 6 nitrogen and oxygen atoms in total. The zero-order valence-corrected chi connectivity index (χ0v) is 17.1. The Morgan fingerprint density at radius 2 is 1.77 bits per heavy atom. The lowest BCUT2D eigenvalue weighted by Gasteiger charge is -2.09. The van der Waals surface area contributed by atoms with Crippen molar-refractivity contribution in [3.63, 3.8) is 0 Å². The van der Waals surface area contributed by atoms with Crippen LogP contribution in [0.4, 0.5) is 0 Å². The number of hydrogen-bond donors (Lipinski definition) is 1. The van der Waals surface area contributed by atoms with Gasteiger partial charge in [-0.3, -0.25) is 14.6 Å². The first kappa shape index (κ1) is 21.3. The molecule has 0 aliphatic heterocycles. The molecule has 30 heavy (non-hydrogen) atoms. The summed E-state index contributed by atoms with van der Waals surface area (Å²) in [6, 6.07) is 16.7. The second-order valence-electron chi connectivity index (χ2n) is 6.89. The van der Waals surface area contributed by atoms with Gasteiger partial charge in [0.15, 0.2) is 5.78 Å². The van der Waals surface area contributed by atoms with Gasteiger partial charge in [0.1, 0.15) is 17.0 Å². The maximum absolute atomic E-state index is 12.2. The molecule has 0 saturated heterocycles. The summed E-state index contributed by atoms with van der Waals surface area (Å²) in [6.45, 7) is 1.02. The third-order valence-electron chi connectivity index (χ3n) is 4.72. The minimum absolute atomic E-state index is 0.0301. The molecule has 1 N–H and O–H groups in total. The molecule has 3 aromatic rings. The van der Waals surface area contributed by atoms with E-state index in [1.165, 1.54) is 0 Å². The van der Waals surface area contributed by atoms with E-state index in [4.69, 9.17) is 9.47 Å². The Hall–Kier alpha value is -3.41. The third kappa shape index (κ3) is 6.04. The van der Waals surface area contributed by atoms with Crippen LogP contribution in [-0.2, 0) is 4.79 Å². The largest absolute Gasteiger partial charge is 0.497 e. The lowest BCUT2D eigenvalue weighted by molar-refractivity contribution is -0.121. The minimum Gasteiger partial charge on any atom is -0.497 e. The molecule has 3 rings (SSSR count). The number of ether oxygens (including phenoxy) is 2. The van der Waals surface area contributed by atoms with Gasteiger partial charge < -0.3 is 14.8 Å². The lowest BCUT2D eigenvalue weighted by atomic mass is 10.1. The first-order valence-electron chi connectivity index (χ1n) is 10.1. The number of benzene rings is 2. The van der Waals surface area contributed by atoms with Crippen molar-refractivity contribution in [1.29, 1.82) is 0 Å². The SMILES string of the molecule is COc1ccc(C(=O)CCCC(=O)NCCCOc2cccc3cccnc23)cc1. The van der Waals surface area contributed by atoms with Gasteiger partial charge in [0.25, 0.3) is 0 Å². The van der Waals surface area contributed by atoms with Gasteiger partial charge in [-0.05, 0) is 49.2 Å². The molecule has 0 aliphatic carbocycles. The Morgan fingerprint density at radius 1 is 0.967 bits per heavy atom. The third-order valence-corrected chi connectivity index (χ3v) is 4.72. The van der Waals surface area contributed by atoms with Crippen molar-refractivity contribution in [3.05, 3.63) is 66.4 Å². The van der Waals surface area contributed by atoms with Crippen LogP contribution in [-0.4, -0.2) is 36.9 Å². The van der Waals surface area contributed by atoms with Crippen molar-refractivity contribution >= 4 is 22.6 Å². The van der Waals surface area contributed by atoms with E-state index in [1.807, 2.05) is 30.3 Å². The molecule has 0 saturated carbocycles. The molecule has 0 atom stereocenters. The van der Waals surface area contributed by atoms with Gasteiger partial charge in [-0.2, -0.15) is 0 Å². The molecule has 0 fully saturated rings. The van der Waals surface area contributed by atoms with Crippen LogP contribution in [0.5, 0.6) is 11.5 Å². The molecule has 0 spiro atoms. The van der Waals surface area contributed by atoms with Crippen molar-refractivity contribution in [1.82, 2.24) is 10.3 Å². The minimum atomic E-state index is -0.0515. The highest BCUT2D eigenvalue weighted by molar-refractivity contribution is 5.96. The smallest absolute Gasteiger partial charge is 0.220 e. The van der Waals surface area contributed by atoms with E-state index in [2.05, 4.69) is 10.3 Å². The molecule has 2 aromatic carbocycles. The number of carbonyl (C=O) groups excluding carboxylic acids is 2. The number of Topliss-reactive ketones (excluding diaryl/α,β-unsaturated/α-hetero) is 1. The van der Waals surface area contributed by atoms with Crippen molar-refractivity contribution in [2.45, 2.75) is 25.7 Å². The number of carbonyl (C=O) groups is 2. The summed E-state index contributed by atoms with van der Waals surface area (Å²) in [5.41, 5.74) is 1.47. The first-order chi connectivity index (χ1) is 14.7. The normalized spacial score (nSPS) is 10.6. The number of amides is 1. The van der Waals surface area contributed by atoms with Gasteiger partial charge in [-0.15, -0.1) is 0 Å². The Morgan fingerprint density at radius 3 is 2.57 bits per heavy atom. The van der Waals surface area contributed by atoms with E-state index in [1.54, 1.807) is 37.6 Å². The molecule has 1 aromatic heterocycles. The van der Waals surface area contributed by atoms with Gasteiger partial charge >= 0.3 is 0 Å². The Balaban J connectivity index is 1.30. The predicted octanol–water partition coefficient (Wildman–Crippen LogP) is 4.18. The molecule has 0 bridgehead atoms. The molecule has 1 amide bonds. The summed E-state index contributed by atoms with van der Waals surface area (Å²) in [6.07, 6.45) is 3.64. The van der Waals surface area contributed by atoms with Crippen molar-refractivity contribution in [3.8, 4) is 11.5 Å².